The zero-order chi connectivity index (χ0) is 16.9. The highest BCUT2D eigenvalue weighted by Crippen LogP contribution is 2.32. The average Bonchev–Trinajstić information content (AvgIpc) is 3.36. The van der Waals surface area contributed by atoms with Gasteiger partial charge in [-0.15, -0.1) is 0 Å². The standard InChI is InChI=1S/C16H21FN4O2S/c1-19-15-13(17)4-2-5-14(15)18-16(19)20-8-3-9-21(11-10-20)24(22,23)12-6-7-12/h2,4-5,12H,3,6-11H2,1H3. The van der Waals surface area contributed by atoms with Gasteiger partial charge in [-0.1, -0.05) is 6.07 Å². The minimum absolute atomic E-state index is 0.172. The van der Waals surface area contributed by atoms with Gasteiger partial charge in [0, 0.05) is 33.2 Å². The third-order valence-electron chi connectivity index (χ3n) is 4.86. The van der Waals surface area contributed by atoms with E-state index in [9.17, 15) is 12.8 Å². The number of hydrogen-bond acceptors (Lipinski definition) is 4. The molecule has 1 aliphatic carbocycles. The number of hydrogen-bond donors (Lipinski definition) is 0. The van der Waals surface area contributed by atoms with Crippen LogP contribution in [0.25, 0.3) is 11.0 Å². The Morgan fingerprint density at radius 3 is 2.67 bits per heavy atom. The van der Waals surface area contributed by atoms with Crippen LogP contribution in [0.15, 0.2) is 18.2 Å². The Balaban J connectivity index is 1.60. The van der Waals surface area contributed by atoms with E-state index in [1.807, 2.05) is 0 Å². The fourth-order valence-electron chi connectivity index (χ4n) is 3.42. The molecule has 4 rings (SSSR count). The van der Waals surface area contributed by atoms with Gasteiger partial charge >= 0.3 is 0 Å². The number of aromatic nitrogens is 2. The number of sulfonamides is 1. The molecule has 0 amide bonds. The van der Waals surface area contributed by atoms with Crippen LogP contribution < -0.4 is 4.90 Å². The molecule has 2 aromatic rings. The van der Waals surface area contributed by atoms with Gasteiger partial charge in [0.25, 0.3) is 0 Å². The highest BCUT2D eigenvalue weighted by Gasteiger charge is 2.40. The van der Waals surface area contributed by atoms with Crippen molar-refractivity contribution in [3.63, 3.8) is 0 Å². The first-order valence-electron chi connectivity index (χ1n) is 8.33. The number of benzene rings is 1. The first-order valence-corrected chi connectivity index (χ1v) is 9.83. The summed E-state index contributed by atoms with van der Waals surface area (Å²) in [4.78, 5) is 6.61. The summed E-state index contributed by atoms with van der Waals surface area (Å²) in [6, 6.07) is 4.88. The molecule has 1 aromatic heterocycles. The van der Waals surface area contributed by atoms with Crippen molar-refractivity contribution >= 4 is 27.0 Å². The van der Waals surface area contributed by atoms with E-state index in [0.29, 0.717) is 36.6 Å². The van der Waals surface area contributed by atoms with Crippen LogP contribution in [0.4, 0.5) is 10.3 Å². The van der Waals surface area contributed by atoms with E-state index in [1.165, 1.54) is 6.07 Å². The molecule has 0 unspecified atom stereocenters. The van der Waals surface area contributed by atoms with Gasteiger partial charge < -0.3 is 9.47 Å². The predicted octanol–water partition coefficient (Wildman–Crippen LogP) is 1.72. The maximum atomic E-state index is 14.1. The van der Waals surface area contributed by atoms with Crippen molar-refractivity contribution in [1.29, 1.82) is 0 Å². The lowest BCUT2D eigenvalue weighted by molar-refractivity contribution is 0.432. The Labute approximate surface area is 140 Å². The minimum Gasteiger partial charge on any atom is -0.341 e. The molecule has 1 aliphatic heterocycles. The third-order valence-corrected chi connectivity index (χ3v) is 7.26. The first-order chi connectivity index (χ1) is 11.5. The molecule has 1 aromatic carbocycles. The summed E-state index contributed by atoms with van der Waals surface area (Å²) in [7, 11) is -1.34. The molecule has 0 spiro atoms. The quantitative estimate of drug-likeness (QED) is 0.844. The number of nitrogens with zero attached hydrogens (tertiary/aromatic N) is 4. The highest BCUT2D eigenvalue weighted by molar-refractivity contribution is 7.90. The van der Waals surface area contributed by atoms with E-state index in [0.717, 1.165) is 25.8 Å². The molecule has 8 heteroatoms. The molecule has 24 heavy (non-hydrogen) atoms. The first kappa shape index (κ1) is 15.8. The minimum atomic E-state index is -3.14. The Kier molecular flexibility index (Phi) is 3.76. The molecular formula is C16H21FN4O2S. The number of anilines is 1. The van der Waals surface area contributed by atoms with Crippen molar-refractivity contribution in [2.45, 2.75) is 24.5 Å². The summed E-state index contributed by atoms with van der Waals surface area (Å²) in [6.07, 6.45) is 2.32. The third kappa shape index (κ3) is 2.57. The van der Waals surface area contributed by atoms with Crippen molar-refractivity contribution in [1.82, 2.24) is 13.9 Å². The maximum absolute atomic E-state index is 14.1. The van der Waals surface area contributed by atoms with Crippen molar-refractivity contribution < 1.29 is 12.8 Å². The number of para-hydroxylation sites is 1. The van der Waals surface area contributed by atoms with E-state index in [-0.39, 0.29) is 11.1 Å². The summed E-state index contributed by atoms with van der Waals surface area (Å²) in [5.74, 6) is 0.405. The lowest BCUT2D eigenvalue weighted by Gasteiger charge is -2.22. The normalized spacial score (nSPS) is 20.5. The summed E-state index contributed by atoms with van der Waals surface area (Å²) in [5.41, 5.74) is 1.11. The molecule has 0 N–H and O–H groups in total. The van der Waals surface area contributed by atoms with Crippen molar-refractivity contribution in [2.24, 2.45) is 7.05 Å². The number of rotatable bonds is 3. The zero-order valence-corrected chi connectivity index (χ0v) is 14.5. The summed E-state index contributed by atoms with van der Waals surface area (Å²) in [6.45, 7) is 2.30. The van der Waals surface area contributed by atoms with Gasteiger partial charge in [0.1, 0.15) is 11.3 Å². The fraction of sp³-hybridized carbons (Fsp3) is 0.562. The summed E-state index contributed by atoms with van der Waals surface area (Å²) in [5, 5.41) is -0.172. The Morgan fingerprint density at radius 1 is 1.17 bits per heavy atom. The van der Waals surface area contributed by atoms with Crippen LogP contribution in [0.3, 0.4) is 0 Å². The molecule has 2 fully saturated rings. The molecule has 1 saturated carbocycles. The van der Waals surface area contributed by atoms with E-state index in [1.54, 1.807) is 28.1 Å². The smallest absolute Gasteiger partial charge is 0.217 e. The van der Waals surface area contributed by atoms with Crippen molar-refractivity contribution in [2.75, 3.05) is 31.1 Å². The van der Waals surface area contributed by atoms with Crippen LogP contribution in [0.2, 0.25) is 0 Å². The fourth-order valence-corrected chi connectivity index (χ4v) is 5.29. The number of fused-ring (bicyclic) bond motifs is 1. The van der Waals surface area contributed by atoms with Gasteiger partial charge in [-0.2, -0.15) is 4.31 Å². The predicted molar refractivity (Wildman–Crippen MR) is 91.0 cm³/mol. The van der Waals surface area contributed by atoms with Gasteiger partial charge in [-0.25, -0.2) is 17.8 Å². The second-order valence-corrected chi connectivity index (χ2v) is 8.78. The summed E-state index contributed by atoms with van der Waals surface area (Å²) < 4.78 is 42.3. The Morgan fingerprint density at radius 2 is 1.96 bits per heavy atom. The van der Waals surface area contributed by atoms with E-state index in [4.69, 9.17) is 0 Å². The second-order valence-electron chi connectivity index (χ2n) is 6.56. The molecule has 130 valence electrons. The van der Waals surface area contributed by atoms with Crippen LogP contribution in [0.5, 0.6) is 0 Å². The molecule has 1 saturated heterocycles. The monoisotopic (exact) mass is 352 g/mol. The molecule has 0 radical (unpaired) electrons. The van der Waals surface area contributed by atoms with E-state index in [2.05, 4.69) is 9.88 Å². The lowest BCUT2D eigenvalue weighted by atomic mass is 10.3. The van der Waals surface area contributed by atoms with E-state index >= 15 is 0 Å². The summed E-state index contributed by atoms with van der Waals surface area (Å²) >= 11 is 0. The second kappa shape index (κ2) is 5.70. The Hall–Kier alpha value is -1.67. The molecular weight excluding hydrogens is 331 g/mol. The van der Waals surface area contributed by atoms with Crippen LogP contribution in [0, 0.1) is 5.82 Å². The Bertz CT molecular complexity index is 876. The topological polar surface area (TPSA) is 58.4 Å². The number of aryl methyl sites for hydroxylation is 1. The molecule has 0 bridgehead atoms. The number of imidazole rings is 1. The maximum Gasteiger partial charge on any atom is 0.217 e. The van der Waals surface area contributed by atoms with Gasteiger partial charge in [0.15, 0.2) is 0 Å². The van der Waals surface area contributed by atoms with Crippen LogP contribution in [-0.4, -0.2) is 53.7 Å². The van der Waals surface area contributed by atoms with Crippen LogP contribution in [0.1, 0.15) is 19.3 Å². The number of halogens is 1. The molecule has 2 aliphatic rings. The van der Waals surface area contributed by atoms with Crippen LogP contribution in [-0.2, 0) is 17.1 Å². The van der Waals surface area contributed by atoms with E-state index < -0.39 is 10.0 Å². The van der Waals surface area contributed by atoms with Crippen LogP contribution >= 0.6 is 0 Å². The average molecular weight is 352 g/mol. The SMILES string of the molecule is Cn1c(N2CCCN(S(=O)(=O)C3CC3)CC2)nc2cccc(F)c21. The zero-order valence-electron chi connectivity index (χ0n) is 13.7. The van der Waals surface area contributed by atoms with Gasteiger partial charge in [-0.05, 0) is 31.4 Å². The largest absolute Gasteiger partial charge is 0.341 e. The van der Waals surface area contributed by atoms with Gasteiger partial charge in [-0.3, -0.25) is 0 Å². The molecule has 2 heterocycles. The van der Waals surface area contributed by atoms with Crippen molar-refractivity contribution in [3.8, 4) is 0 Å². The molecule has 0 atom stereocenters. The van der Waals surface area contributed by atoms with Crippen molar-refractivity contribution in [3.05, 3.63) is 24.0 Å². The highest BCUT2D eigenvalue weighted by atomic mass is 32.2. The van der Waals surface area contributed by atoms with Gasteiger partial charge in [0.05, 0.1) is 10.8 Å². The van der Waals surface area contributed by atoms with Gasteiger partial charge in [0.2, 0.25) is 16.0 Å². The lowest BCUT2D eigenvalue weighted by Crippen LogP contribution is -2.37. The molecule has 6 nitrogen and oxygen atoms in total.